The Morgan fingerprint density at radius 1 is 1.27 bits per heavy atom. The van der Waals surface area contributed by atoms with Crippen LogP contribution >= 0.6 is 0 Å². The molecule has 0 radical (unpaired) electrons. The number of hydrogen-bond donors (Lipinski definition) is 1. The van der Waals surface area contributed by atoms with E-state index >= 15 is 0 Å². The van der Waals surface area contributed by atoms with Gasteiger partial charge in [-0.2, -0.15) is 0 Å². The van der Waals surface area contributed by atoms with E-state index in [9.17, 15) is 9.90 Å². The molecule has 2 aromatic heterocycles. The van der Waals surface area contributed by atoms with Gasteiger partial charge in [0.15, 0.2) is 5.82 Å². The number of fused-ring (bicyclic) bond motifs is 1. The van der Waals surface area contributed by atoms with E-state index in [1.165, 1.54) is 0 Å². The molecular formula is C20H24N4O2. The molecule has 3 atom stereocenters. The summed E-state index contributed by atoms with van der Waals surface area (Å²) in [5.41, 5.74) is 0.750. The lowest BCUT2D eigenvalue weighted by Gasteiger charge is -2.40. The molecule has 136 valence electrons. The first kappa shape index (κ1) is 17.1. The van der Waals surface area contributed by atoms with Crippen LogP contribution in [0.2, 0.25) is 0 Å². The molecule has 6 heteroatoms. The third kappa shape index (κ3) is 2.98. The Morgan fingerprint density at radius 3 is 2.69 bits per heavy atom. The van der Waals surface area contributed by atoms with Gasteiger partial charge in [-0.3, -0.25) is 9.78 Å². The maximum absolute atomic E-state index is 12.9. The highest BCUT2D eigenvalue weighted by Crippen LogP contribution is 2.44. The van der Waals surface area contributed by atoms with Crippen LogP contribution in [0, 0.1) is 11.8 Å². The van der Waals surface area contributed by atoms with Crippen molar-refractivity contribution in [1.82, 2.24) is 19.9 Å². The Hall–Kier alpha value is -2.34. The standard InChI is InChI=1S/C20H24N4O2/c1-2-20(26)7-3-4-15-12-24(13-17(15)20)19(25)16-10-22-18(23-11-16)14-5-8-21-9-6-14/h5-6,8-11,15,17,26H,2-4,7,12-13H2,1H3/t15-,17+,20-/m0/s1. The number of aromatic nitrogens is 3. The van der Waals surface area contributed by atoms with Crippen molar-refractivity contribution >= 4 is 5.91 Å². The number of aliphatic hydroxyl groups is 1. The summed E-state index contributed by atoms with van der Waals surface area (Å²) < 4.78 is 0. The Balaban J connectivity index is 1.50. The molecule has 0 spiro atoms. The third-order valence-corrected chi connectivity index (χ3v) is 6.05. The van der Waals surface area contributed by atoms with Crippen LogP contribution in [0.3, 0.4) is 0 Å². The van der Waals surface area contributed by atoms with Gasteiger partial charge in [0.1, 0.15) is 0 Å². The molecule has 0 bridgehead atoms. The van der Waals surface area contributed by atoms with Crippen molar-refractivity contribution in [2.24, 2.45) is 11.8 Å². The molecule has 26 heavy (non-hydrogen) atoms. The maximum Gasteiger partial charge on any atom is 0.257 e. The quantitative estimate of drug-likeness (QED) is 0.918. The second kappa shape index (κ2) is 6.76. The average molecular weight is 352 g/mol. The van der Waals surface area contributed by atoms with E-state index in [0.29, 0.717) is 23.9 Å². The minimum Gasteiger partial charge on any atom is -0.390 e. The largest absolute Gasteiger partial charge is 0.390 e. The van der Waals surface area contributed by atoms with Crippen molar-refractivity contribution in [1.29, 1.82) is 0 Å². The minimum atomic E-state index is -0.625. The van der Waals surface area contributed by atoms with E-state index in [1.807, 2.05) is 24.0 Å². The van der Waals surface area contributed by atoms with Gasteiger partial charge in [-0.25, -0.2) is 9.97 Å². The zero-order chi connectivity index (χ0) is 18.1. The summed E-state index contributed by atoms with van der Waals surface area (Å²) in [4.78, 5) is 27.4. The molecule has 1 aliphatic heterocycles. The van der Waals surface area contributed by atoms with Gasteiger partial charge in [0.05, 0.1) is 11.2 Å². The predicted molar refractivity (Wildman–Crippen MR) is 97.2 cm³/mol. The number of rotatable bonds is 3. The average Bonchev–Trinajstić information content (AvgIpc) is 3.14. The van der Waals surface area contributed by atoms with Crippen LogP contribution in [0.1, 0.15) is 43.0 Å². The van der Waals surface area contributed by atoms with E-state index in [-0.39, 0.29) is 11.8 Å². The van der Waals surface area contributed by atoms with Crippen molar-refractivity contribution in [3.63, 3.8) is 0 Å². The number of hydrogen-bond acceptors (Lipinski definition) is 5. The van der Waals surface area contributed by atoms with Crippen LogP contribution in [0.4, 0.5) is 0 Å². The molecular weight excluding hydrogens is 328 g/mol. The van der Waals surface area contributed by atoms with Crippen molar-refractivity contribution in [3.05, 3.63) is 42.5 Å². The highest BCUT2D eigenvalue weighted by atomic mass is 16.3. The lowest BCUT2D eigenvalue weighted by molar-refractivity contribution is -0.0609. The molecule has 3 heterocycles. The molecule has 1 saturated carbocycles. The van der Waals surface area contributed by atoms with Gasteiger partial charge in [0.25, 0.3) is 5.91 Å². The second-order valence-electron chi connectivity index (χ2n) is 7.46. The fourth-order valence-corrected chi connectivity index (χ4v) is 4.50. The van der Waals surface area contributed by atoms with Crippen LogP contribution in [0.25, 0.3) is 11.4 Å². The monoisotopic (exact) mass is 352 g/mol. The smallest absolute Gasteiger partial charge is 0.257 e. The zero-order valence-corrected chi connectivity index (χ0v) is 15.0. The zero-order valence-electron chi connectivity index (χ0n) is 15.0. The summed E-state index contributed by atoms with van der Waals surface area (Å²) in [5, 5.41) is 10.9. The van der Waals surface area contributed by atoms with Crippen molar-refractivity contribution < 1.29 is 9.90 Å². The lowest BCUT2D eigenvalue weighted by atomic mass is 9.69. The van der Waals surface area contributed by atoms with E-state index < -0.39 is 5.60 Å². The van der Waals surface area contributed by atoms with Gasteiger partial charge in [-0.15, -0.1) is 0 Å². The maximum atomic E-state index is 12.9. The van der Waals surface area contributed by atoms with E-state index in [0.717, 1.165) is 37.8 Å². The molecule has 1 amide bonds. The fourth-order valence-electron chi connectivity index (χ4n) is 4.50. The SMILES string of the molecule is CC[C@]1(O)CCC[C@H]2CN(C(=O)c3cnc(-c4ccncc4)nc3)C[C@H]21. The number of likely N-dealkylation sites (tertiary alicyclic amines) is 1. The van der Waals surface area contributed by atoms with Gasteiger partial charge < -0.3 is 10.0 Å². The first-order chi connectivity index (χ1) is 12.6. The van der Waals surface area contributed by atoms with Crippen molar-refractivity contribution in [3.8, 4) is 11.4 Å². The van der Waals surface area contributed by atoms with Gasteiger partial charge in [-0.05, 0) is 37.3 Å². The Kier molecular flexibility index (Phi) is 4.44. The van der Waals surface area contributed by atoms with Crippen LogP contribution in [-0.4, -0.2) is 49.6 Å². The second-order valence-corrected chi connectivity index (χ2v) is 7.46. The first-order valence-electron chi connectivity index (χ1n) is 9.35. The van der Waals surface area contributed by atoms with Crippen LogP contribution < -0.4 is 0 Å². The summed E-state index contributed by atoms with van der Waals surface area (Å²) in [5.74, 6) is 1.12. The Labute approximate surface area is 153 Å². The summed E-state index contributed by atoms with van der Waals surface area (Å²) >= 11 is 0. The van der Waals surface area contributed by atoms with Gasteiger partial charge in [-0.1, -0.05) is 13.3 Å². The molecule has 1 saturated heterocycles. The number of nitrogens with zero attached hydrogens (tertiary/aromatic N) is 4. The number of carbonyl (C=O) groups is 1. The lowest BCUT2D eigenvalue weighted by Crippen LogP contribution is -2.44. The van der Waals surface area contributed by atoms with E-state index in [1.54, 1.807) is 24.8 Å². The van der Waals surface area contributed by atoms with Gasteiger partial charge in [0, 0.05) is 49.4 Å². The van der Waals surface area contributed by atoms with Crippen LogP contribution in [0.15, 0.2) is 36.9 Å². The molecule has 2 aliphatic rings. The summed E-state index contributed by atoms with van der Waals surface area (Å²) in [7, 11) is 0. The van der Waals surface area contributed by atoms with E-state index in [2.05, 4.69) is 15.0 Å². The van der Waals surface area contributed by atoms with E-state index in [4.69, 9.17) is 0 Å². The topological polar surface area (TPSA) is 79.2 Å². The molecule has 1 aliphatic carbocycles. The molecule has 2 fully saturated rings. The fraction of sp³-hybridized carbons (Fsp3) is 0.500. The molecule has 2 aromatic rings. The Bertz CT molecular complexity index is 780. The molecule has 6 nitrogen and oxygen atoms in total. The number of carbonyl (C=O) groups excluding carboxylic acids is 1. The van der Waals surface area contributed by atoms with Crippen LogP contribution in [-0.2, 0) is 0 Å². The summed E-state index contributed by atoms with van der Waals surface area (Å²) in [6.45, 7) is 3.39. The highest BCUT2D eigenvalue weighted by molar-refractivity contribution is 5.94. The Morgan fingerprint density at radius 2 is 2.00 bits per heavy atom. The molecule has 1 N–H and O–H groups in total. The first-order valence-corrected chi connectivity index (χ1v) is 9.35. The number of amides is 1. The highest BCUT2D eigenvalue weighted by Gasteiger charge is 2.48. The summed E-state index contributed by atoms with van der Waals surface area (Å²) in [6.07, 6.45) is 10.3. The van der Waals surface area contributed by atoms with Gasteiger partial charge >= 0.3 is 0 Å². The summed E-state index contributed by atoms with van der Waals surface area (Å²) in [6, 6.07) is 3.68. The molecule has 0 unspecified atom stereocenters. The normalized spacial score (nSPS) is 28.0. The van der Waals surface area contributed by atoms with Crippen LogP contribution in [0.5, 0.6) is 0 Å². The number of pyridine rings is 1. The van der Waals surface area contributed by atoms with Gasteiger partial charge in [0.2, 0.25) is 0 Å². The third-order valence-electron chi connectivity index (χ3n) is 6.05. The predicted octanol–water partition coefficient (Wildman–Crippen LogP) is 2.55. The molecule has 0 aromatic carbocycles. The molecule has 4 rings (SSSR count). The van der Waals surface area contributed by atoms with Crippen molar-refractivity contribution in [2.45, 2.75) is 38.2 Å². The minimum absolute atomic E-state index is 0.0425. The van der Waals surface area contributed by atoms with Crippen molar-refractivity contribution in [2.75, 3.05) is 13.1 Å².